The predicted molar refractivity (Wildman–Crippen MR) is 55.7 cm³/mol. The summed E-state index contributed by atoms with van der Waals surface area (Å²) < 4.78 is 0. The van der Waals surface area contributed by atoms with Gasteiger partial charge in [0.15, 0.2) is 0 Å². The van der Waals surface area contributed by atoms with Crippen LogP contribution in [0.3, 0.4) is 0 Å². The molecule has 70 valence electrons. The molecule has 13 heavy (non-hydrogen) atoms. The van der Waals surface area contributed by atoms with Crippen LogP contribution in [0.2, 0.25) is 0 Å². The number of rotatable bonds is 2. The maximum Gasteiger partial charge on any atom is 0.0855 e. The van der Waals surface area contributed by atoms with Crippen LogP contribution in [0.15, 0.2) is 29.2 Å². The molecule has 0 radical (unpaired) electrons. The molecule has 1 aromatic carbocycles. The lowest BCUT2D eigenvalue weighted by Crippen LogP contribution is -1.74. The van der Waals surface area contributed by atoms with Crippen molar-refractivity contribution in [1.82, 2.24) is 0 Å². The lowest BCUT2D eigenvalue weighted by Gasteiger charge is -1.96. The van der Waals surface area contributed by atoms with Gasteiger partial charge >= 0.3 is 0 Å². The zero-order chi connectivity index (χ0) is 10.1. The van der Waals surface area contributed by atoms with Crippen molar-refractivity contribution in [2.45, 2.75) is 11.8 Å². The van der Waals surface area contributed by atoms with Crippen LogP contribution in [0.4, 0.5) is 0 Å². The minimum Gasteiger partial charge on any atom is -0.400 e. The minimum absolute atomic E-state index is 0.531. The number of aryl methyl sites for hydroxylation is 1. The molecule has 1 rings (SSSR count). The van der Waals surface area contributed by atoms with Gasteiger partial charge in [-0.15, -0.1) is 11.8 Å². The SMILES string of the molecule is CO.Cc1ccc(SCC#N)cc1. The molecule has 0 fully saturated rings. The molecule has 0 aromatic heterocycles. The number of aliphatic hydroxyl groups is 1. The van der Waals surface area contributed by atoms with E-state index in [1.807, 2.05) is 12.1 Å². The second kappa shape index (κ2) is 7.66. The largest absolute Gasteiger partial charge is 0.400 e. The fourth-order valence-electron chi connectivity index (χ4n) is 0.750. The summed E-state index contributed by atoms with van der Waals surface area (Å²) in [5.41, 5.74) is 1.26. The van der Waals surface area contributed by atoms with Crippen molar-refractivity contribution in [3.63, 3.8) is 0 Å². The lowest BCUT2D eigenvalue weighted by molar-refractivity contribution is 0.399. The van der Waals surface area contributed by atoms with Crippen LogP contribution >= 0.6 is 11.8 Å². The van der Waals surface area contributed by atoms with Crippen LogP contribution in [0.5, 0.6) is 0 Å². The summed E-state index contributed by atoms with van der Waals surface area (Å²) in [6.07, 6.45) is 0. The van der Waals surface area contributed by atoms with Crippen LogP contribution < -0.4 is 0 Å². The Bertz CT molecular complexity index is 263. The van der Waals surface area contributed by atoms with Gasteiger partial charge in [-0.25, -0.2) is 0 Å². The average molecular weight is 195 g/mol. The van der Waals surface area contributed by atoms with Crippen LogP contribution in [0.1, 0.15) is 5.56 Å². The molecule has 0 unspecified atom stereocenters. The van der Waals surface area contributed by atoms with Crippen molar-refractivity contribution in [1.29, 1.82) is 5.26 Å². The summed E-state index contributed by atoms with van der Waals surface area (Å²) in [7, 11) is 1.00. The van der Waals surface area contributed by atoms with E-state index in [1.54, 1.807) is 11.8 Å². The van der Waals surface area contributed by atoms with Crippen LogP contribution in [-0.4, -0.2) is 18.0 Å². The molecule has 2 nitrogen and oxygen atoms in total. The second-order valence-corrected chi connectivity index (χ2v) is 3.31. The zero-order valence-electron chi connectivity index (χ0n) is 7.82. The maximum absolute atomic E-state index is 8.31. The number of thioether (sulfide) groups is 1. The van der Waals surface area contributed by atoms with Gasteiger partial charge in [0.2, 0.25) is 0 Å². The summed E-state index contributed by atoms with van der Waals surface area (Å²) in [6, 6.07) is 10.3. The Hall–Kier alpha value is -0.980. The Balaban J connectivity index is 0.000000671. The van der Waals surface area contributed by atoms with E-state index in [2.05, 4.69) is 25.1 Å². The number of benzene rings is 1. The van der Waals surface area contributed by atoms with E-state index in [4.69, 9.17) is 10.4 Å². The first-order valence-corrected chi connectivity index (χ1v) is 4.82. The fourth-order valence-corrected chi connectivity index (χ4v) is 1.31. The van der Waals surface area contributed by atoms with Gasteiger partial charge in [0, 0.05) is 12.0 Å². The molecule has 3 heteroatoms. The van der Waals surface area contributed by atoms with Crippen LogP contribution in [0.25, 0.3) is 0 Å². The minimum atomic E-state index is 0.531. The highest BCUT2D eigenvalue weighted by Crippen LogP contribution is 2.16. The molecule has 0 heterocycles. The maximum atomic E-state index is 8.31. The first kappa shape index (κ1) is 12.0. The van der Waals surface area contributed by atoms with Gasteiger partial charge in [-0.05, 0) is 19.1 Å². The van der Waals surface area contributed by atoms with Gasteiger partial charge in [-0.2, -0.15) is 5.26 Å². The molecular formula is C10H13NOS. The first-order chi connectivity index (χ1) is 6.33. The third-order valence-electron chi connectivity index (χ3n) is 1.32. The number of nitrogens with zero attached hydrogens (tertiary/aromatic N) is 1. The number of hydrogen-bond acceptors (Lipinski definition) is 3. The number of hydrogen-bond donors (Lipinski definition) is 1. The predicted octanol–water partition coefficient (Wildman–Crippen LogP) is 2.22. The Morgan fingerprint density at radius 2 is 1.85 bits per heavy atom. The molecule has 0 aliphatic rings. The van der Waals surface area contributed by atoms with E-state index in [1.165, 1.54) is 5.56 Å². The summed E-state index contributed by atoms with van der Waals surface area (Å²) in [4.78, 5) is 1.16. The van der Waals surface area contributed by atoms with E-state index in [9.17, 15) is 0 Å². The number of nitriles is 1. The summed E-state index contributed by atoms with van der Waals surface area (Å²) in [5, 5.41) is 15.3. The Morgan fingerprint density at radius 3 is 2.31 bits per heavy atom. The normalized spacial score (nSPS) is 8.15. The van der Waals surface area contributed by atoms with Crippen molar-refractivity contribution >= 4 is 11.8 Å². The molecule has 0 amide bonds. The molecule has 0 bridgehead atoms. The van der Waals surface area contributed by atoms with Crippen LogP contribution in [0, 0.1) is 18.3 Å². The van der Waals surface area contributed by atoms with Crippen LogP contribution in [-0.2, 0) is 0 Å². The average Bonchev–Trinajstić information content (AvgIpc) is 2.20. The van der Waals surface area contributed by atoms with Crippen molar-refractivity contribution in [3.05, 3.63) is 29.8 Å². The van der Waals surface area contributed by atoms with Gasteiger partial charge in [-0.3, -0.25) is 0 Å². The van der Waals surface area contributed by atoms with Gasteiger partial charge in [0.05, 0.1) is 11.8 Å². The Kier molecular flexibility index (Phi) is 7.08. The molecule has 0 aliphatic heterocycles. The van der Waals surface area contributed by atoms with Crippen molar-refractivity contribution < 1.29 is 5.11 Å². The Labute approximate surface area is 83.2 Å². The summed E-state index contributed by atoms with van der Waals surface area (Å²) in [5.74, 6) is 0.531. The third-order valence-corrected chi connectivity index (χ3v) is 2.20. The molecule has 0 atom stereocenters. The van der Waals surface area contributed by atoms with Crippen molar-refractivity contribution in [3.8, 4) is 6.07 Å². The molecule has 0 saturated carbocycles. The van der Waals surface area contributed by atoms with Crippen molar-refractivity contribution in [2.24, 2.45) is 0 Å². The highest BCUT2D eigenvalue weighted by molar-refractivity contribution is 7.99. The molecular weight excluding hydrogens is 182 g/mol. The smallest absolute Gasteiger partial charge is 0.0855 e. The molecule has 0 saturated heterocycles. The third kappa shape index (κ3) is 5.29. The second-order valence-electron chi connectivity index (χ2n) is 2.26. The highest BCUT2D eigenvalue weighted by atomic mass is 32.2. The quantitative estimate of drug-likeness (QED) is 0.736. The van der Waals surface area contributed by atoms with E-state index < -0.39 is 0 Å². The van der Waals surface area contributed by atoms with Crippen molar-refractivity contribution in [2.75, 3.05) is 12.9 Å². The van der Waals surface area contributed by atoms with E-state index in [0.29, 0.717) is 5.75 Å². The first-order valence-electron chi connectivity index (χ1n) is 3.84. The zero-order valence-corrected chi connectivity index (χ0v) is 8.64. The summed E-state index contributed by atoms with van der Waals surface area (Å²) >= 11 is 1.57. The van der Waals surface area contributed by atoms with Gasteiger partial charge < -0.3 is 5.11 Å². The molecule has 1 aromatic rings. The van der Waals surface area contributed by atoms with E-state index in [-0.39, 0.29) is 0 Å². The molecule has 1 N–H and O–H groups in total. The Morgan fingerprint density at radius 1 is 1.31 bits per heavy atom. The topological polar surface area (TPSA) is 44.0 Å². The summed E-state index contributed by atoms with van der Waals surface area (Å²) in [6.45, 7) is 2.05. The van der Waals surface area contributed by atoms with E-state index in [0.717, 1.165) is 12.0 Å². The van der Waals surface area contributed by atoms with Gasteiger partial charge in [0.25, 0.3) is 0 Å². The molecule has 0 aliphatic carbocycles. The van der Waals surface area contributed by atoms with E-state index >= 15 is 0 Å². The number of aliphatic hydroxyl groups excluding tert-OH is 1. The fraction of sp³-hybridized carbons (Fsp3) is 0.300. The lowest BCUT2D eigenvalue weighted by atomic mass is 10.2. The molecule has 0 spiro atoms. The van der Waals surface area contributed by atoms with Gasteiger partial charge in [-0.1, -0.05) is 17.7 Å². The highest BCUT2D eigenvalue weighted by Gasteiger charge is 1.90. The monoisotopic (exact) mass is 195 g/mol. The standard InChI is InChI=1S/C9H9NS.CH4O/c1-8-2-4-9(5-3-8)11-7-6-10;1-2/h2-5H,7H2,1H3;2H,1H3. The van der Waals surface area contributed by atoms with Gasteiger partial charge in [0.1, 0.15) is 0 Å².